The highest BCUT2D eigenvalue weighted by molar-refractivity contribution is 7.84. The Bertz CT molecular complexity index is 1120. The molecule has 0 aliphatic heterocycles. The first-order chi connectivity index (χ1) is 15.2. The maximum Gasteiger partial charge on any atom is 0.0979 e. The third-order valence-electron chi connectivity index (χ3n) is 5.75. The van der Waals surface area contributed by atoms with Gasteiger partial charge in [-0.05, 0) is 58.3 Å². The molecule has 0 aliphatic carbocycles. The Morgan fingerprint density at radius 1 is 0.697 bits per heavy atom. The summed E-state index contributed by atoms with van der Waals surface area (Å²) in [5, 5.41) is 4.07. The van der Waals surface area contributed by atoms with E-state index in [1.807, 2.05) is 20.8 Å². The highest BCUT2D eigenvalue weighted by Gasteiger charge is 2.38. The maximum absolute atomic E-state index is 13.4. The zero-order valence-corrected chi connectivity index (χ0v) is 23.4. The van der Waals surface area contributed by atoms with Crippen LogP contribution < -0.4 is 10.0 Å². The van der Waals surface area contributed by atoms with Crippen LogP contribution in [0.5, 0.6) is 0 Å². The monoisotopic (exact) mass is 481 g/mol. The second-order valence-corrected chi connectivity index (χ2v) is 17.6. The van der Waals surface area contributed by atoms with E-state index in [2.05, 4.69) is 113 Å². The van der Waals surface area contributed by atoms with Gasteiger partial charge in [0, 0.05) is 0 Å². The molecule has 33 heavy (non-hydrogen) atoms. The average molecular weight is 482 g/mol. The van der Waals surface area contributed by atoms with Gasteiger partial charge in [0.2, 0.25) is 0 Å². The van der Waals surface area contributed by atoms with Crippen LogP contribution in [0.1, 0.15) is 79.5 Å². The minimum absolute atomic E-state index is 0.135. The Hall–Kier alpha value is -1.54. The van der Waals surface area contributed by atoms with Crippen LogP contribution in [0.15, 0.2) is 66.7 Å². The minimum atomic E-state index is -1.22. The summed E-state index contributed by atoms with van der Waals surface area (Å²) in [5.74, 6) is 0. The van der Waals surface area contributed by atoms with Gasteiger partial charge in [-0.15, -0.1) is 0 Å². The van der Waals surface area contributed by atoms with Crippen LogP contribution in [0, 0.1) is 0 Å². The van der Waals surface area contributed by atoms with Crippen molar-refractivity contribution in [3.05, 3.63) is 77.9 Å². The molecule has 0 aromatic heterocycles. The number of hydrogen-bond donors (Lipinski definition) is 1. The zero-order chi connectivity index (χ0) is 24.6. The Balaban J connectivity index is 2.30. The second-order valence-electron chi connectivity index (χ2n) is 11.7. The lowest BCUT2D eigenvalue weighted by Gasteiger charge is -2.43. The summed E-state index contributed by atoms with van der Waals surface area (Å²) in [6.45, 7) is 20.2. The zero-order valence-electron chi connectivity index (χ0n) is 21.7. The molecule has 0 aliphatic rings. The van der Waals surface area contributed by atoms with Gasteiger partial charge in [-0.25, -0.2) is 8.93 Å². The molecular formula is C29H40NOPS. The first-order valence-corrected chi connectivity index (χ1v) is 14.3. The molecule has 3 aromatic rings. The summed E-state index contributed by atoms with van der Waals surface area (Å²) >= 11 is 0. The van der Waals surface area contributed by atoms with Gasteiger partial charge < -0.3 is 0 Å². The summed E-state index contributed by atoms with van der Waals surface area (Å²) in [5.41, 5.74) is 2.42. The van der Waals surface area contributed by atoms with E-state index in [1.54, 1.807) is 0 Å². The molecule has 4 heteroatoms. The lowest BCUT2D eigenvalue weighted by molar-refractivity contribution is 0.624. The normalized spacial score (nSPS) is 15.1. The van der Waals surface area contributed by atoms with Crippen molar-refractivity contribution >= 4 is 35.0 Å². The molecule has 0 fully saturated rings. The Labute approximate surface area is 204 Å². The Morgan fingerprint density at radius 3 is 1.82 bits per heavy atom. The third kappa shape index (κ3) is 5.94. The molecule has 0 saturated heterocycles. The molecule has 3 rings (SSSR count). The van der Waals surface area contributed by atoms with Crippen molar-refractivity contribution in [1.82, 2.24) is 4.72 Å². The number of fused-ring (bicyclic) bond motifs is 1. The van der Waals surface area contributed by atoms with Crippen molar-refractivity contribution in [1.29, 1.82) is 0 Å². The van der Waals surface area contributed by atoms with Gasteiger partial charge in [0.25, 0.3) is 0 Å². The van der Waals surface area contributed by atoms with E-state index in [-0.39, 0.29) is 21.1 Å². The van der Waals surface area contributed by atoms with Gasteiger partial charge in [0.15, 0.2) is 0 Å². The summed E-state index contributed by atoms with van der Waals surface area (Å²) in [6, 6.07) is 23.6. The van der Waals surface area contributed by atoms with Gasteiger partial charge in [-0.3, -0.25) is 0 Å². The van der Waals surface area contributed by atoms with Crippen molar-refractivity contribution in [2.75, 3.05) is 0 Å². The molecule has 0 spiro atoms. The molecule has 2 nitrogen and oxygen atoms in total. The molecule has 0 bridgehead atoms. The number of hydrogen-bond acceptors (Lipinski definition) is 1. The molecule has 0 amide bonds. The van der Waals surface area contributed by atoms with Crippen molar-refractivity contribution in [2.45, 2.75) is 83.4 Å². The van der Waals surface area contributed by atoms with E-state index in [0.29, 0.717) is 0 Å². The molecule has 0 heterocycles. The molecule has 0 radical (unpaired) electrons. The van der Waals surface area contributed by atoms with Crippen LogP contribution in [-0.2, 0) is 11.0 Å². The molecule has 0 saturated carbocycles. The van der Waals surface area contributed by atoms with Crippen LogP contribution >= 0.6 is 7.92 Å². The van der Waals surface area contributed by atoms with E-state index in [0.717, 1.165) is 0 Å². The van der Waals surface area contributed by atoms with Crippen molar-refractivity contribution < 1.29 is 4.21 Å². The molecule has 0 unspecified atom stereocenters. The first-order valence-electron chi connectivity index (χ1n) is 11.8. The molecular weight excluding hydrogens is 441 g/mol. The predicted octanol–water partition coefficient (Wildman–Crippen LogP) is 7.69. The van der Waals surface area contributed by atoms with Crippen LogP contribution in [0.3, 0.4) is 0 Å². The van der Waals surface area contributed by atoms with Gasteiger partial charge >= 0.3 is 0 Å². The third-order valence-corrected chi connectivity index (χ3v) is 10.9. The minimum Gasteiger partial charge on any atom is -0.242 e. The standard InChI is InChI=1S/C29H40NOPS/c1-27(2,3)32(28(4,5)6)25-20-13-12-18-24(25)26(30-33(31)29(7,8)9)23-19-14-16-21-15-10-11-17-22(21)23/h10-20,26,30H,1-9H3/t26-,33+/m0/s1. The van der Waals surface area contributed by atoms with Gasteiger partial charge in [0.1, 0.15) is 0 Å². The topological polar surface area (TPSA) is 29.1 Å². The van der Waals surface area contributed by atoms with E-state index >= 15 is 0 Å². The molecule has 2 atom stereocenters. The number of nitrogens with one attached hydrogen (secondary N) is 1. The Kier molecular flexibility index (Phi) is 7.59. The largest absolute Gasteiger partial charge is 0.242 e. The highest BCUT2D eigenvalue weighted by Crippen LogP contribution is 2.59. The van der Waals surface area contributed by atoms with Crippen molar-refractivity contribution in [3.8, 4) is 0 Å². The van der Waals surface area contributed by atoms with Crippen molar-refractivity contribution in [2.24, 2.45) is 0 Å². The van der Waals surface area contributed by atoms with Crippen LogP contribution in [-0.4, -0.2) is 19.3 Å². The smallest absolute Gasteiger partial charge is 0.0979 e. The lowest BCUT2D eigenvalue weighted by Crippen LogP contribution is -2.39. The fourth-order valence-corrected chi connectivity index (χ4v) is 9.72. The fourth-order valence-electron chi connectivity index (χ4n) is 4.74. The van der Waals surface area contributed by atoms with E-state index in [1.165, 1.54) is 27.2 Å². The molecule has 178 valence electrons. The summed E-state index contributed by atoms with van der Waals surface area (Å²) in [6.07, 6.45) is 0. The fraction of sp³-hybridized carbons (Fsp3) is 0.448. The van der Waals surface area contributed by atoms with Crippen LogP contribution in [0.4, 0.5) is 0 Å². The number of rotatable bonds is 5. The summed E-state index contributed by atoms with van der Waals surface area (Å²) < 4.78 is 16.6. The van der Waals surface area contributed by atoms with Crippen molar-refractivity contribution in [3.63, 3.8) is 0 Å². The van der Waals surface area contributed by atoms with Crippen LogP contribution in [0.2, 0.25) is 0 Å². The molecule has 1 N–H and O–H groups in total. The van der Waals surface area contributed by atoms with E-state index in [4.69, 9.17) is 0 Å². The van der Waals surface area contributed by atoms with Gasteiger partial charge in [-0.1, -0.05) is 116 Å². The van der Waals surface area contributed by atoms with E-state index < -0.39 is 18.9 Å². The summed E-state index contributed by atoms with van der Waals surface area (Å²) in [7, 11) is -1.73. The SMILES string of the molecule is CC(C)(C)P(c1ccccc1[C@@H](N[S@](=O)C(C)(C)C)c1cccc2ccccc12)C(C)(C)C. The summed E-state index contributed by atoms with van der Waals surface area (Å²) in [4.78, 5) is 0. The highest BCUT2D eigenvalue weighted by atomic mass is 32.2. The Morgan fingerprint density at radius 2 is 1.21 bits per heavy atom. The first kappa shape index (κ1) is 26.1. The molecule has 3 aromatic carbocycles. The maximum atomic E-state index is 13.4. The lowest BCUT2D eigenvalue weighted by atomic mass is 9.94. The number of benzene rings is 3. The van der Waals surface area contributed by atoms with Gasteiger partial charge in [-0.2, -0.15) is 0 Å². The van der Waals surface area contributed by atoms with Crippen LogP contribution in [0.25, 0.3) is 10.8 Å². The predicted molar refractivity (Wildman–Crippen MR) is 149 cm³/mol. The van der Waals surface area contributed by atoms with Gasteiger partial charge in [0.05, 0.1) is 21.8 Å². The second kappa shape index (κ2) is 9.61. The quantitative estimate of drug-likeness (QED) is 0.372. The average Bonchev–Trinajstić information content (AvgIpc) is 2.69. The van der Waals surface area contributed by atoms with E-state index in [9.17, 15) is 4.21 Å².